The van der Waals surface area contributed by atoms with Crippen LogP contribution < -0.4 is 4.74 Å². The summed E-state index contributed by atoms with van der Waals surface area (Å²) in [7, 11) is 3.57. The zero-order chi connectivity index (χ0) is 22.7. The van der Waals surface area contributed by atoms with Gasteiger partial charge in [0.2, 0.25) is 5.88 Å². The van der Waals surface area contributed by atoms with E-state index in [1.807, 2.05) is 53.7 Å². The largest absolute Gasteiger partial charge is 0.479 e. The molecule has 32 heavy (non-hydrogen) atoms. The highest BCUT2D eigenvalue weighted by molar-refractivity contribution is 5.65. The first-order valence-corrected chi connectivity index (χ1v) is 10.7. The predicted molar refractivity (Wildman–Crippen MR) is 126 cm³/mol. The van der Waals surface area contributed by atoms with E-state index in [2.05, 4.69) is 53.2 Å². The van der Waals surface area contributed by atoms with Gasteiger partial charge < -0.3 is 9.30 Å². The van der Waals surface area contributed by atoms with E-state index >= 15 is 0 Å². The molecule has 0 aliphatic heterocycles. The smallest absolute Gasteiger partial charge is 0.238 e. The summed E-state index contributed by atoms with van der Waals surface area (Å²) >= 11 is 0. The number of aryl methyl sites for hydroxylation is 3. The molecule has 0 bridgehead atoms. The highest BCUT2D eigenvalue weighted by Gasteiger charge is 2.20. The van der Waals surface area contributed by atoms with Gasteiger partial charge in [-0.1, -0.05) is 31.2 Å². The zero-order valence-corrected chi connectivity index (χ0v) is 19.1. The number of aromatic nitrogens is 6. The van der Waals surface area contributed by atoms with Gasteiger partial charge in [0.05, 0.1) is 24.8 Å². The maximum atomic E-state index is 5.50. The molecule has 4 aromatic rings. The Morgan fingerprint density at radius 1 is 1.06 bits per heavy atom. The van der Waals surface area contributed by atoms with E-state index in [0.29, 0.717) is 11.7 Å². The van der Waals surface area contributed by atoms with Crippen molar-refractivity contribution in [2.24, 2.45) is 7.05 Å². The molecule has 0 aliphatic rings. The van der Waals surface area contributed by atoms with Crippen molar-refractivity contribution in [1.29, 1.82) is 0 Å². The first-order valence-electron chi connectivity index (χ1n) is 10.7. The summed E-state index contributed by atoms with van der Waals surface area (Å²) in [4.78, 5) is 13.7. The van der Waals surface area contributed by atoms with Crippen LogP contribution in [0.25, 0.3) is 17.8 Å². The second-order valence-corrected chi connectivity index (χ2v) is 7.79. The van der Waals surface area contributed by atoms with Crippen LogP contribution in [0.3, 0.4) is 0 Å². The monoisotopic (exact) mass is 428 g/mol. The SMILES string of the molecule is CC[C@@H](c1ccccc1C)c1nc(/C=C/c2ccc(-n3cnc(C)c3)c(OC)n2)nn1C. The van der Waals surface area contributed by atoms with E-state index in [0.717, 1.165) is 29.3 Å². The fourth-order valence-electron chi connectivity index (χ4n) is 3.91. The Morgan fingerprint density at radius 3 is 2.56 bits per heavy atom. The van der Waals surface area contributed by atoms with E-state index in [9.17, 15) is 0 Å². The van der Waals surface area contributed by atoms with Crippen molar-refractivity contribution >= 4 is 12.2 Å². The standard InChI is InChI=1S/C25H28N6O/c1-6-20(21-10-8-7-9-17(21)2)24-28-23(29-30(24)4)14-12-19-11-13-22(25(27-19)32-5)31-15-18(3)26-16-31/h7-16,20H,6H2,1-5H3/b14-12+/t20-/m0/s1. The van der Waals surface area contributed by atoms with Crippen molar-refractivity contribution in [3.63, 3.8) is 0 Å². The van der Waals surface area contributed by atoms with Gasteiger partial charge in [-0.3, -0.25) is 4.68 Å². The van der Waals surface area contributed by atoms with Crippen LogP contribution in [-0.4, -0.2) is 36.4 Å². The number of benzene rings is 1. The second-order valence-electron chi connectivity index (χ2n) is 7.79. The van der Waals surface area contributed by atoms with Crippen molar-refractivity contribution in [3.05, 3.63) is 83.1 Å². The van der Waals surface area contributed by atoms with Crippen molar-refractivity contribution < 1.29 is 4.74 Å². The highest BCUT2D eigenvalue weighted by Crippen LogP contribution is 2.29. The fourth-order valence-corrected chi connectivity index (χ4v) is 3.91. The molecule has 0 fully saturated rings. The summed E-state index contributed by atoms with van der Waals surface area (Å²) in [6.07, 6.45) is 8.43. The number of pyridine rings is 1. The van der Waals surface area contributed by atoms with Crippen LogP contribution in [-0.2, 0) is 7.05 Å². The third kappa shape index (κ3) is 4.32. The Bertz CT molecular complexity index is 1250. The van der Waals surface area contributed by atoms with Crippen molar-refractivity contribution in [2.75, 3.05) is 7.11 Å². The summed E-state index contributed by atoms with van der Waals surface area (Å²) in [6, 6.07) is 12.4. The quantitative estimate of drug-likeness (QED) is 0.425. The average Bonchev–Trinajstić information content (AvgIpc) is 3.39. The molecule has 0 unspecified atom stereocenters. The van der Waals surface area contributed by atoms with Gasteiger partial charge in [0.1, 0.15) is 11.5 Å². The minimum atomic E-state index is 0.201. The summed E-state index contributed by atoms with van der Waals surface area (Å²) in [5, 5.41) is 4.61. The van der Waals surface area contributed by atoms with Crippen LogP contribution in [0.15, 0.2) is 48.9 Å². The number of methoxy groups -OCH3 is 1. The van der Waals surface area contributed by atoms with Gasteiger partial charge in [-0.2, -0.15) is 5.10 Å². The summed E-state index contributed by atoms with van der Waals surface area (Å²) in [6.45, 7) is 6.27. The van der Waals surface area contributed by atoms with Gasteiger partial charge in [-0.05, 0) is 55.7 Å². The van der Waals surface area contributed by atoms with Crippen LogP contribution in [0.4, 0.5) is 0 Å². The van der Waals surface area contributed by atoms with E-state index in [4.69, 9.17) is 9.72 Å². The topological polar surface area (TPSA) is 70.7 Å². The number of nitrogens with zero attached hydrogens (tertiary/aromatic N) is 6. The third-order valence-corrected chi connectivity index (χ3v) is 5.55. The number of ether oxygens (including phenoxy) is 1. The van der Waals surface area contributed by atoms with Crippen LogP contribution in [0, 0.1) is 13.8 Å². The van der Waals surface area contributed by atoms with Gasteiger partial charge >= 0.3 is 0 Å². The molecule has 4 rings (SSSR count). The van der Waals surface area contributed by atoms with Crippen LogP contribution in [0.2, 0.25) is 0 Å². The minimum Gasteiger partial charge on any atom is -0.479 e. The van der Waals surface area contributed by atoms with Gasteiger partial charge in [-0.15, -0.1) is 0 Å². The van der Waals surface area contributed by atoms with E-state index in [1.165, 1.54) is 11.1 Å². The predicted octanol–water partition coefficient (Wildman–Crippen LogP) is 4.73. The van der Waals surface area contributed by atoms with Crippen molar-refractivity contribution in [1.82, 2.24) is 29.3 Å². The molecule has 0 saturated heterocycles. The molecule has 1 aromatic carbocycles. The first-order chi connectivity index (χ1) is 15.5. The molecule has 164 valence electrons. The highest BCUT2D eigenvalue weighted by atomic mass is 16.5. The Morgan fingerprint density at radius 2 is 1.88 bits per heavy atom. The summed E-state index contributed by atoms with van der Waals surface area (Å²) < 4.78 is 9.28. The molecule has 1 atom stereocenters. The lowest BCUT2D eigenvalue weighted by atomic mass is 9.92. The lowest BCUT2D eigenvalue weighted by Crippen LogP contribution is -2.09. The maximum Gasteiger partial charge on any atom is 0.238 e. The number of hydrogen-bond acceptors (Lipinski definition) is 5. The van der Waals surface area contributed by atoms with E-state index < -0.39 is 0 Å². The Hall–Kier alpha value is -3.74. The van der Waals surface area contributed by atoms with E-state index in [1.54, 1.807) is 13.4 Å². The molecule has 0 N–H and O–H groups in total. The van der Waals surface area contributed by atoms with Gasteiger partial charge in [-0.25, -0.2) is 15.0 Å². The van der Waals surface area contributed by atoms with Gasteiger partial charge in [0.15, 0.2) is 5.82 Å². The summed E-state index contributed by atoms with van der Waals surface area (Å²) in [5.41, 5.74) is 5.10. The molecule has 7 nitrogen and oxygen atoms in total. The first kappa shape index (κ1) is 21.5. The normalized spacial score (nSPS) is 12.4. The van der Waals surface area contributed by atoms with Crippen LogP contribution in [0.5, 0.6) is 5.88 Å². The molecular formula is C25H28N6O. The Balaban J connectivity index is 1.60. The number of rotatable bonds is 7. The summed E-state index contributed by atoms with van der Waals surface area (Å²) in [5.74, 6) is 2.35. The molecule has 0 saturated carbocycles. The Labute approximate surface area is 188 Å². The lowest BCUT2D eigenvalue weighted by Gasteiger charge is -2.16. The lowest BCUT2D eigenvalue weighted by molar-refractivity contribution is 0.395. The maximum absolute atomic E-state index is 5.50. The zero-order valence-electron chi connectivity index (χ0n) is 19.1. The molecular weight excluding hydrogens is 400 g/mol. The van der Waals surface area contributed by atoms with E-state index in [-0.39, 0.29) is 5.92 Å². The molecule has 0 radical (unpaired) electrons. The van der Waals surface area contributed by atoms with Gasteiger partial charge in [0, 0.05) is 19.2 Å². The molecule has 0 aliphatic carbocycles. The third-order valence-electron chi connectivity index (χ3n) is 5.55. The molecule has 7 heteroatoms. The fraction of sp³-hybridized carbons (Fsp3) is 0.280. The van der Waals surface area contributed by atoms with Crippen molar-refractivity contribution in [3.8, 4) is 11.6 Å². The molecule has 3 aromatic heterocycles. The van der Waals surface area contributed by atoms with Crippen LogP contribution in [0.1, 0.15) is 53.4 Å². The van der Waals surface area contributed by atoms with Gasteiger partial charge in [0.25, 0.3) is 0 Å². The number of imidazole rings is 1. The second kappa shape index (κ2) is 9.18. The average molecular weight is 429 g/mol. The van der Waals surface area contributed by atoms with Crippen LogP contribution >= 0.6 is 0 Å². The molecule has 0 spiro atoms. The minimum absolute atomic E-state index is 0.201. The molecule has 0 amide bonds. The Kier molecular flexibility index (Phi) is 6.16. The number of hydrogen-bond donors (Lipinski definition) is 0. The van der Waals surface area contributed by atoms with Crippen molar-refractivity contribution in [2.45, 2.75) is 33.1 Å². The molecule has 3 heterocycles.